The molecule has 0 spiro atoms. The topological polar surface area (TPSA) is 86.8 Å². The number of hydrogen-bond donors (Lipinski definition) is 1. The van der Waals surface area contributed by atoms with E-state index in [1.807, 2.05) is 50.2 Å². The molecule has 1 N–H and O–H groups in total. The summed E-state index contributed by atoms with van der Waals surface area (Å²) in [5.41, 5.74) is 3.13. The normalized spacial score (nSPS) is 12.0. The van der Waals surface area contributed by atoms with Gasteiger partial charge in [-0.3, -0.25) is 13.9 Å². The maximum absolute atomic E-state index is 13.9. The fourth-order valence-electron chi connectivity index (χ4n) is 4.54. The van der Waals surface area contributed by atoms with Crippen LogP contribution < -0.4 is 9.62 Å². The molecule has 3 rings (SSSR count). The lowest BCUT2D eigenvalue weighted by molar-refractivity contribution is -0.141. The average Bonchev–Trinajstić information content (AvgIpc) is 2.93. The van der Waals surface area contributed by atoms with Crippen LogP contribution in [-0.2, 0) is 32.6 Å². The van der Waals surface area contributed by atoms with Gasteiger partial charge in [0.05, 0.1) is 22.0 Å². The number of hydrogen-bond acceptors (Lipinski definition) is 4. The number of nitrogens with zero attached hydrogens (tertiary/aromatic N) is 2. The van der Waals surface area contributed by atoms with Crippen molar-refractivity contribution in [3.63, 3.8) is 0 Å². The van der Waals surface area contributed by atoms with Gasteiger partial charge in [0.15, 0.2) is 0 Å². The number of rotatable bonds is 14. The molecule has 0 heterocycles. The average molecular weight is 619 g/mol. The van der Waals surface area contributed by atoms with Crippen LogP contribution in [0.1, 0.15) is 42.9 Å². The summed E-state index contributed by atoms with van der Waals surface area (Å²) in [4.78, 5) is 28.9. The van der Waals surface area contributed by atoms with Gasteiger partial charge in [-0.15, -0.1) is 0 Å². The summed E-state index contributed by atoms with van der Waals surface area (Å²) in [6.45, 7) is 4.61. The minimum atomic E-state index is -3.57. The van der Waals surface area contributed by atoms with Crippen LogP contribution in [0.4, 0.5) is 5.69 Å². The molecule has 2 amide bonds. The molecule has 0 saturated heterocycles. The van der Waals surface area contributed by atoms with E-state index < -0.39 is 16.1 Å². The second-order valence-corrected chi connectivity index (χ2v) is 12.8. The van der Waals surface area contributed by atoms with E-state index in [4.69, 9.17) is 23.2 Å². The molecule has 0 aliphatic rings. The van der Waals surface area contributed by atoms with Crippen LogP contribution in [0.2, 0.25) is 10.0 Å². The van der Waals surface area contributed by atoms with Crippen molar-refractivity contribution in [2.75, 3.05) is 23.7 Å². The van der Waals surface area contributed by atoms with Gasteiger partial charge in [-0.2, -0.15) is 0 Å². The molecular weight excluding hydrogens is 581 g/mol. The van der Waals surface area contributed by atoms with Crippen LogP contribution in [0.15, 0.2) is 72.8 Å². The van der Waals surface area contributed by atoms with Gasteiger partial charge in [-0.25, -0.2) is 8.42 Å². The first-order valence-electron chi connectivity index (χ1n) is 13.6. The molecule has 41 heavy (non-hydrogen) atoms. The molecule has 0 bridgehead atoms. The standard InChI is InChI=1S/C31H37Cl2N3O4S/c1-4-17-34-31(38)29(21-24-11-6-5-7-12-24)35(22-25-15-16-27(32)28(33)20-25)30(37)14-9-18-36(41(3,39)40)26-13-8-10-23(2)19-26/h5-8,10-13,15-16,19-20,29H,4,9,14,17-18,21-22H2,1-3H3,(H,34,38)/t29-/m1/s1. The van der Waals surface area contributed by atoms with Gasteiger partial charge in [-0.05, 0) is 60.7 Å². The van der Waals surface area contributed by atoms with Crippen LogP contribution >= 0.6 is 23.2 Å². The van der Waals surface area contributed by atoms with E-state index in [1.165, 1.54) is 4.31 Å². The van der Waals surface area contributed by atoms with Gasteiger partial charge in [0, 0.05) is 32.5 Å². The predicted molar refractivity (Wildman–Crippen MR) is 167 cm³/mol. The third-order valence-electron chi connectivity index (χ3n) is 6.60. The van der Waals surface area contributed by atoms with Crippen molar-refractivity contribution in [1.82, 2.24) is 10.2 Å². The zero-order valence-electron chi connectivity index (χ0n) is 23.6. The zero-order valence-corrected chi connectivity index (χ0v) is 26.0. The number of carbonyl (C=O) groups is 2. The lowest BCUT2D eigenvalue weighted by Crippen LogP contribution is -2.50. The van der Waals surface area contributed by atoms with Gasteiger partial charge in [-0.1, -0.05) is 78.7 Å². The first-order chi connectivity index (χ1) is 19.5. The highest BCUT2D eigenvalue weighted by molar-refractivity contribution is 7.92. The van der Waals surface area contributed by atoms with Crippen LogP contribution in [0, 0.1) is 6.92 Å². The van der Waals surface area contributed by atoms with E-state index in [9.17, 15) is 18.0 Å². The van der Waals surface area contributed by atoms with Crippen LogP contribution in [0.3, 0.4) is 0 Å². The van der Waals surface area contributed by atoms with Crippen LogP contribution in [0.5, 0.6) is 0 Å². The summed E-state index contributed by atoms with van der Waals surface area (Å²) in [5.74, 6) is -0.511. The Bertz CT molecular complexity index is 1430. The highest BCUT2D eigenvalue weighted by Crippen LogP contribution is 2.25. The van der Waals surface area contributed by atoms with E-state index in [0.717, 1.165) is 29.4 Å². The van der Waals surface area contributed by atoms with E-state index in [2.05, 4.69) is 5.32 Å². The number of aryl methyl sites for hydroxylation is 1. The molecule has 0 unspecified atom stereocenters. The van der Waals surface area contributed by atoms with Crippen molar-refractivity contribution >= 4 is 50.7 Å². The monoisotopic (exact) mass is 617 g/mol. The minimum Gasteiger partial charge on any atom is -0.354 e. The van der Waals surface area contributed by atoms with Crippen molar-refractivity contribution in [2.45, 2.75) is 52.1 Å². The Labute approximate surface area is 253 Å². The zero-order chi connectivity index (χ0) is 30.0. The smallest absolute Gasteiger partial charge is 0.243 e. The van der Waals surface area contributed by atoms with E-state index in [0.29, 0.717) is 28.7 Å². The molecule has 1 atom stereocenters. The highest BCUT2D eigenvalue weighted by atomic mass is 35.5. The quantitative estimate of drug-likeness (QED) is 0.240. The molecule has 0 saturated carbocycles. The Morgan fingerprint density at radius 3 is 2.29 bits per heavy atom. The summed E-state index contributed by atoms with van der Waals surface area (Å²) < 4.78 is 26.5. The lowest BCUT2D eigenvalue weighted by Gasteiger charge is -2.32. The molecular formula is C31H37Cl2N3O4S. The molecule has 10 heteroatoms. The number of halogens is 2. The molecule has 3 aromatic rings. The number of anilines is 1. The minimum absolute atomic E-state index is 0.0471. The Hall–Kier alpha value is -3.07. The second-order valence-electron chi connectivity index (χ2n) is 10.0. The first kappa shape index (κ1) is 32.4. The van der Waals surface area contributed by atoms with Crippen molar-refractivity contribution < 1.29 is 18.0 Å². The third-order valence-corrected chi connectivity index (χ3v) is 8.53. The SMILES string of the molecule is CCCNC(=O)[C@@H](Cc1ccccc1)N(Cc1ccc(Cl)c(Cl)c1)C(=O)CCCN(c1cccc(C)c1)S(C)(=O)=O. The van der Waals surface area contributed by atoms with Crippen molar-refractivity contribution in [2.24, 2.45) is 0 Å². The Kier molecular flexibility index (Phi) is 12.1. The van der Waals surface area contributed by atoms with Crippen molar-refractivity contribution in [3.8, 4) is 0 Å². The van der Waals surface area contributed by atoms with E-state index >= 15 is 0 Å². The number of benzene rings is 3. The Morgan fingerprint density at radius 2 is 1.66 bits per heavy atom. The summed E-state index contributed by atoms with van der Waals surface area (Å²) in [7, 11) is -3.57. The third kappa shape index (κ3) is 9.76. The van der Waals surface area contributed by atoms with Gasteiger partial charge in [0.25, 0.3) is 0 Å². The van der Waals surface area contributed by atoms with Crippen LogP contribution in [-0.4, -0.2) is 50.5 Å². The molecule has 220 valence electrons. The van der Waals surface area contributed by atoms with Gasteiger partial charge in [0.2, 0.25) is 21.8 Å². The molecule has 0 aromatic heterocycles. The van der Waals surface area contributed by atoms with E-state index in [1.54, 1.807) is 41.3 Å². The number of carbonyl (C=O) groups excluding carboxylic acids is 2. The Morgan fingerprint density at radius 1 is 0.927 bits per heavy atom. The van der Waals surface area contributed by atoms with Gasteiger partial charge >= 0.3 is 0 Å². The summed E-state index contributed by atoms with van der Waals surface area (Å²) >= 11 is 12.4. The number of sulfonamides is 1. The van der Waals surface area contributed by atoms with Crippen LogP contribution in [0.25, 0.3) is 0 Å². The molecule has 0 radical (unpaired) electrons. The summed E-state index contributed by atoms with van der Waals surface area (Å²) in [6.07, 6.45) is 2.55. The second kappa shape index (κ2) is 15.2. The maximum atomic E-state index is 13.9. The Balaban J connectivity index is 1.89. The fourth-order valence-corrected chi connectivity index (χ4v) is 5.82. The van der Waals surface area contributed by atoms with Crippen molar-refractivity contribution in [3.05, 3.63) is 99.5 Å². The molecule has 7 nitrogen and oxygen atoms in total. The number of amides is 2. The molecule has 3 aromatic carbocycles. The maximum Gasteiger partial charge on any atom is 0.243 e. The summed E-state index contributed by atoms with van der Waals surface area (Å²) in [6, 6.07) is 21.1. The first-order valence-corrected chi connectivity index (χ1v) is 16.2. The summed E-state index contributed by atoms with van der Waals surface area (Å²) in [5, 5.41) is 3.70. The lowest BCUT2D eigenvalue weighted by atomic mass is 10.0. The predicted octanol–water partition coefficient (Wildman–Crippen LogP) is 6.01. The van der Waals surface area contributed by atoms with Gasteiger partial charge < -0.3 is 10.2 Å². The van der Waals surface area contributed by atoms with Crippen molar-refractivity contribution in [1.29, 1.82) is 0 Å². The molecule has 0 aliphatic carbocycles. The molecule has 0 fully saturated rings. The number of nitrogens with one attached hydrogen (secondary N) is 1. The largest absolute Gasteiger partial charge is 0.354 e. The fraction of sp³-hybridized carbons (Fsp3) is 0.355. The highest BCUT2D eigenvalue weighted by Gasteiger charge is 2.30. The van der Waals surface area contributed by atoms with E-state index in [-0.39, 0.29) is 37.7 Å². The van der Waals surface area contributed by atoms with Gasteiger partial charge in [0.1, 0.15) is 6.04 Å². The molecule has 0 aliphatic heterocycles.